The average Bonchev–Trinajstić information content (AvgIpc) is 3.15. The number of rotatable bonds is 6. The summed E-state index contributed by atoms with van der Waals surface area (Å²) in [6.45, 7) is 5.40. The van der Waals surface area contributed by atoms with Crippen molar-refractivity contribution in [2.24, 2.45) is 5.92 Å². The van der Waals surface area contributed by atoms with E-state index in [1.54, 1.807) is 0 Å². The molecule has 1 heterocycles. The first kappa shape index (κ1) is 13.6. The van der Waals surface area contributed by atoms with Gasteiger partial charge in [0.05, 0.1) is 17.3 Å². The van der Waals surface area contributed by atoms with Gasteiger partial charge in [-0.15, -0.1) is 0 Å². The van der Waals surface area contributed by atoms with Gasteiger partial charge in [-0.3, -0.25) is 0 Å². The largest absolute Gasteiger partial charge is 0.390 e. The maximum Gasteiger partial charge on any atom is 0.129 e. The Hall–Kier alpha value is -0.800. The molecule has 1 aromatic rings. The van der Waals surface area contributed by atoms with E-state index in [4.69, 9.17) is 11.6 Å². The summed E-state index contributed by atoms with van der Waals surface area (Å²) in [5.74, 6) is 1.64. The third-order valence-electron chi connectivity index (χ3n) is 3.28. The van der Waals surface area contributed by atoms with Crippen molar-refractivity contribution in [3.63, 3.8) is 0 Å². The summed E-state index contributed by atoms with van der Waals surface area (Å²) in [5, 5.41) is 9.77. The van der Waals surface area contributed by atoms with Crippen LogP contribution in [0.2, 0.25) is 5.02 Å². The molecule has 1 aliphatic carbocycles. The molecule has 1 aromatic heterocycles. The molecule has 1 N–H and O–H groups in total. The minimum Gasteiger partial charge on any atom is -0.390 e. The number of pyridine rings is 1. The Labute approximate surface area is 114 Å². The highest BCUT2D eigenvalue weighted by Crippen LogP contribution is 2.32. The Bertz CT molecular complexity index is 405. The quantitative estimate of drug-likeness (QED) is 0.860. The van der Waals surface area contributed by atoms with Crippen molar-refractivity contribution in [1.82, 2.24) is 4.98 Å². The molecule has 4 heteroatoms. The zero-order chi connectivity index (χ0) is 13.1. The van der Waals surface area contributed by atoms with E-state index in [1.165, 1.54) is 12.8 Å². The number of aromatic nitrogens is 1. The van der Waals surface area contributed by atoms with E-state index in [9.17, 15) is 5.11 Å². The van der Waals surface area contributed by atoms with Crippen LogP contribution in [0.1, 0.15) is 38.8 Å². The van der Waals surface area contributed by atoms with Crippen LogP contribution in [0.5, 0.6) is 0 Å². The maximum atomic E-state index is 9.23. The van der Waals surface area contributed by atoms with Crippen molar-refractivity contribution in [2.75, 3.05) is 11.4 Å². The molecule has 0 bridgehead atoms. The maximum absolute atomic E-state index is 9.23. The molecule has 0 aromatic carbocycles. The predicted molar refractivity (Wildman–Crippen MR) is 75.0 cm³/mol. The van der Waals surface area contributed by atoms with Crippen LogP contribution in [0.25, 0.3) is 0 Å². The summed E-state index contributed by atoms with van der Waals surface area (Å²) in [7, 11) is 0. The lowest BCUT2D eigenvalue weighted by Gasteiger charge is -2.25. The number of hydrogen-bond acceptors (Lipinski definition) is 3. The lowest BCUT2D eigenvalue weighted by molar-refractivity contribution is 0.277. The number of hydrogen-bond donors (Lipinski definition) is 1. The third kappa shape index (κ3) is 3.36. The van der Waals surface area contributed by atoms with E-state index >= 15 is 0 Å². The standard InChI is InChI=1S/C14H21ClN2O/c1-10(2)7-8-17(11-3-4-11)14-6-5-12(15)13(9-18)16-14/h5-6,10-11,18H,3-4,7-9H2,1-2H3. The molecule has 0 spiro atoms. The second kappa shape index (κ2) is 5.89. The Balaban J connectivity index is 2.14. The number of anilines is 1. The molecule has 0 radical (unpaired) electrons. The van der Waals surface area contributed by atoms with Gasteiger partial charge in [0.2, 0.25) is 0 Å². The molecule has 0 saturated heterocycles. The van der Waals surface area contributed by atoms with E-state index in [1.807, 2.05) is 12.1 Å². The smallest absolute Gasteiger partial charge is 0.129 e. The van der Waals surface area contributed by atoms with Crippen LogP contribution in [0.4, 0.5) is 5.82 Å². The van der Waals surface area contributed by atoms with E-state index in [-0.39, 0.29) is 6.61 Å². The first-order chi connectivity index (χ1) is 8.61. The lowest BCUT2D eigenvalue weighted by Crippen LogP contribution is -2.28. The highest BCUT2D eigenvalue weighted by molar-refractivity contribution is 6.31. The molecule has 18 heavy (non-hydrogen) atoms. The molecule has 0 unspecified atom stereocenters. The Morgan fingerprint density at radius 3 is 2.72 bits per heavy atom. The summed E-state index contributed by atoms with van der Waals surface area (Å²) in [6, 6.07) is 4.42. The monoisotopic (exact) mass is 268 g/mol. The van der Waals surface area contributed by atoms with Crippen molar-refractivity contribution in [2.45, 2.75) is 45.8 Å². The number of nitrogens with zero attached hydrogens (tertiary/aromatic N) is 2. The molecule has 100 valence electrons. The topological polar surface area (TPSA) is 36.4 Å². The minimum absolute atomic E-state index is 0.102. The van der Waals surface area contributed by atoms with Gasteiger partial charge in [0.1, 0.15) is 5.82 Å². The van der Waals surface area contributed by atoms with Crippen LogP contribution in [-0.4, -0.2) is 22.7 Å². The van der Waals surface area contributed by atoms with Gasteiger partial charge in [0.25, 0.3) is 0 Å². The Morgan fingerprint density at radius 2 is 2.17 bits per heavy atom. The van der Waals surface area contributed by atoms with Gasteiger partial charge in [-0.2, -0.15) is 0 Å². The molecule has 1 saturated carbocycles. The fourth-order valence-electron chi connectivity index (χ4n) is 2.01. The molecule has 3 nitrogen and oxygen atoms in total. The summed E-state index contributed by atoms with van der Waals surface area (Å²) in [5.41, 5.74) is 0.573. The van der Waals surface area contributed by atoms with Crippen molar-refractivity contribution >= 4 is 17.4 Å². The molecular weight excluding hydrogens is 248 g/mol. The summed E-state index contributed by atoms with van der Waals surface area (Å²) in [4.78, 5) is 6.83. The number of halogens is 1. The predicted octanol–water partition coefficient (Wildman–Crippen LogP) is 3.24. The van der Waals surface area contributed by atoms with Crippen molar-refractivity contribution < 1.29 is 5.11 Å². The molecule has 0 atom stereocenters. The van der Waals surface area contributed by atoms with E-state index in [0.717, 1.165) is 18.8 Å². The highest BCUT2D eigenvalue weighted by atomic mass is 35.5. The fraction of sp³-hybridized carbons (Fsp3) is 0.643. The summed E-state index contributed by atoms with van der Waals surface area (Å²) in [6.07, 6.45) is 3.66. The zero-order valence-corrected chi connectivity index (χ0v) is 11.8. The molecule has 1 aliphatic rings. The Kier molecular flexibility index (Phi) is 4.46. The van der Waals surface area contributed by atoms with Gasteiger partial charge in [0, 0.05) is 12.6 Å². The molecular formula is C14H21ClN2O. The SMILES string of the molecule is CC(C)CCN(c1ccc(Cl)c(CO)n1)C1CC1. The second-order valence-corrected chi connectivity index (χ2v) is 5.77. The third-order valence-corrected chi connectivity index (χ3v) is 3.63. The molecule has 1 fully saturated rings. The van der Waals surface area contributed by atoms with Crippen molar-refractivity contribution in [3.05, 3.63) is 22.8 Å². The van der Waals surface area contributed by atoms with E-state index in [2.05, 4.69) is 23.7 Å². The van der Waals surface area contributed by atoms with Gasteiger partial charge in [-0.05, 0) is 37.3 Å². The molecule has 0 aliphatic heterocycles. The van der Waals surface area contributed by atoms with Gasteiger partial charge in [-0.25, -0.2) is 4.98 Å². The second-order valence-electron chi connectivity index (χ2n) is 5.36. The summed E-state index contributed by atoms with van der Waals surface area (Å²) >= 11 is 5.98. The lowest BCUT2D eigenvalue weighted by atomic mass is 10.1. The van der Waals surface area contributed by atoms with Crippen LogP contribution in [0.15, 0.2) is 12.1 Å². The average molecular weight is 269 g/mol. The minimum atomic E-state index is -0.102. The molecule has 0 amide bonds. The highest BCUT2D eigenvalue weighted by Gasteiger charge is 2.30. The zero-order valence-electron chi connectivity index (χ0n) is 11.1. The fourth-order valence-corrected chi connectivity index (χ4v) is 2.18. The van der Waals surface area contributed by atoms with Gasteiger partial charge in [-0.1, -0.05) is 25.4 Å². The van der Waals surface area contributed by atoms with Gasteiger partial charge < -0.3 is 10.0 Å². The van der Waals surface area contributed by atoms with Crippen LogP contribution >= 0.6 is 11.6 Å². The Morgan fingerprint density at radius 1 is 1.44 bits per heavy atom. The van der Waals surface area contributed by atoms with Crippen molar-refractivity contribution in [1.29, 1.82) is 0 Å². The molecule has 2 rings (SSSR count). The van der Waals surface area contributed by atoms with Crippen molar-refractivity contribution in [3.8, 4) is 0 Å². The van der Waals surface area contributed by atoms with Gasteiger partial charge in [0.15, 0.2) is 0 Å². The normalized spacial score (nSPS) is 15.2. The van der Waals surface area contributed by atoms with Crippen LogP contribution < -0.4 is 4.90 Å². The van der Waals surface area contributed by atoms with E-state index < -0.39 is 0 Å². The van der Waals surface area contributed by atoms with E-state index in [0.29, 0.717) is 22.7 Å². The number of aliphatic hydroxyl groups excluding tert-OH is 1. The van der Waals surface area contributed by atoms with Crippen LogP contribution in [0, 0.1) is 5.92 Å². The van der Waals surface area contributed by atoms with Crippen LogP contribution in [-0.2, 0) is 6.61 Å². The first-order valence-corrected chi connectivity index (χ1v) is 7.02. The summed E-state index contributed by atoms with van der Waals surface area (Å²) < 4.78 is 0. The van der Waals surface area contributed by atoms with Gasteiger partial charge >= 0.3 is 0 Å². The van der Waals surface area contributed by atoms with Crippen LogP contribution in [0.3, 0.4) is 0 Å². The first-order valence-electron chi connectivity index (χ1n) is 6.64. The number of aliphatic hydroxyl groups is 1.